The third kappa shape index (κ3) is 1.64. The fourth-order valence-corrected chi connectivity index (χ4v) is 3.01. The Labute approximate surface area is 104 Å². The largest absolute Gasteiger partial charge is 0.458 e. The van der Waals surface area contributed by atoms with Crippen LogP contribution in [0.25, 0.3) is 0 Å². The maximum absolute atomic E-state index is 11.1. The Kier molecular flexibility index (Phi) is 2.64. The first-order chi connectivity index (χ1) is 8.58. The highest BCUT2D eigenvalue weighted by molar-refractivity contribution is 5.68. The molecule has 1 saturated carbocycles. The molecule has 4 aliphatic rings. The molecule has 0 aromatic carbocycles. The van der Waals surface area contributed by atoms with Crippen molar-refractivity contribution in [1.82, 2.24) is 0 Å². The van der Waals surface area contributed by atoms with E-state index >= 15 is 0 Å². The number of hydrogen-bond acceptors (Lipinski definition) is 6. The van der Waals surface area contributed by atoms with Crippen molar-refractivity contribution in [2.75, 3.05) is 0 Å². The third-order valence-electron chi connectivity index (χ3n) is 3.66. The molecule has 6 atom stereocenters. The number of fused-ring (bicyclic) bond motifs is 1. The molecule has 0 N–H and O–H groups in total. The minimum Gasteiger partial charge on any atom is -0.458 e. The van der Waals surface area contributed by atoms with E-state index in [1.54, 1.807) is 0 Å². The van der Waals surface area contributed by atoms with Crippen LogP contribution in [0.1, 0.15) is 13.8 Å². The molecule has 2 bridgehead atoms. The van der Waals surface area contributed by atoms with Gasteiger partial charge in [0.05, 0.1) is 0 Å². The molecule has 1 saturated heterocycles. The summed E-state index contributed by atoms with van der Waals surface area (Å²) in [5, 5.41) is 0. The molecular weight excluding hydrogens is 240 g/mol. The van der Waals surface area contributed by atoms with Crippen LogP contribution >= 0.6 is 0 Å². The van der Waals surface area contributed by atoms with Gasteiger partial charge in [0.1, 0.15) is 24.4 Å². The summed E-state index contributed by atoms with van der Waals surface area (Å²) >= 11 is 0. The smallest absolute Gasteiger partial charge is 0.303 e. The molecule has 0 aromatic heterocycles. The summed E-state index contributed by atoms with van der Waals surface area (Å²) in [4.78, 5) is 32.5. The monoisotopic (exact) mass is 254 g/mol. The predicted molar refractivity (Wildman–Crippen MR) is 57.0 cm³/mol. The average molecular weight is 254 g/mol. The molecule has 0 radical (unpaired) electrons. The van der Waals surface area contributed by atoms with Gasteiger partial charge in [0.2, 0.25) is 0 Å². The van der Waals surface area contributed by atoms with Crippen LogP contribution in [0.4, 0.5) is 0 Å². The summed E-state index contributed by atoms with van der Waals surface area (Å²) in [6.45, 7) is 2.68. The highest BCUT2D eigenvalue weighted by Gasteiger charge is 2.64. The molecule has 0 unspecified atom stereocenters. The molecule has 2 fully saturated rings. The molecular formula is C12H14O6. The Bertz CT molecular complexity index is 379. The molecule has 4 rings (SSSR count). The summed E-state index contributed by atoms with van der Waals surface area (Å²) in [6.07, 6.45) is 2.42. The van der Waals surface area contributed by atoms with Crippen LogP contribution < -0.4 is 0 Å². The van der Waals surface area contributed by atoms with Gasteiger partial charge in [-0.3, -0.25) is 9.59 Å². The number of carbonyl (C=O) groups is 2. The van der Waals surface area contributed by atoms with E-state index in [1.165, 1.54) is 13.8 Å². The zero-order valence-corrected chi connectivity index (χ0v) is 10.1. The lowest BCUT2D eigenvalue weighted by Crippen LogP contribution is -2.69. The van der Waals surface area contributed by atoms with Gasteiger partial charge in [-0.05, 0) is 0 Å². The van der Waals surface area contributed by atoms with Gasteiger partial charge in [-0.15, -0.1) is 0 Å². The molecule has 6 nitrogen and oxygen atoms in total. The van der Waals surface area contributed by atoms with Crippen molar-refractivity contribution in [1.29, 1.82) is 0 Å². The lowest BCUT2D eigenvalue weighted by atomic mass is 9.60. The van der Waals surface area contributed by atoms with Gasteiger partial charge in [0, 0.05) is 25.7 Å². The number of hydrogen-bond donors (Lipinski definition) is 0. The summed E-state index contributed by atoms with van der Waals surface area (Å²) in [7, 11) is 0. The van der Waals surface area contributed by atoms with E-state index in [4.69, 9.17) is 19.2 Å². The van der Waals surface area contributed by atoms with Crippen molar-refractivity contribution < 1.29 is 28.8 Å². The van der Waals surface area contributed by atoms with E-state index in [9.17, 15) is 9.59 Å². The molecule has 0 aromatic rings. The second kappa shape index (κ2) is 4.07. The second-order valence-corrected chi connectivity index (χ2v) is 4.81. The van der Waals surface area contributed by atoms with Crippen molar-refractivity contribution in [2.24, 2.45) is 11.8 Å². The maximum atomic E-state index is 11.1. The van der Waals surface area contributed by atoms with Crippen LogP contribution in [0.3, 0.4) is 0 Å². The number of carbonyl (C=O) groups excluding carboxylic acids is 2. The van der Waals surface area contributed by atoms with E-state index in [-0.39, 0.29) is 36.0 Å². The lowest BCUT2D eigenvalue weighted by Gasteiger charge is -2.57. The minimum atomic E-state index is -0.447. The fraction of sp³-hybridized carbons (Fsp3) is 0.667. The number of ether oxygens (including phenoxy) is 2. The highest BCUT2D eigenvalue weighted by atomic mass is 17.2. The Morgan fingerprint density at radius 1 is 0.889 bits per heavy atom. The SMILES string of the molecule is CC(=O)O[C@H]1[C@H](OC(C)=O)[C@H]2[C@@H]1[C@@H]1C=C[C@H]2OO1. The predicted octanol–water partition coefficient (Wildman–Crippen LogP) is 0.365. The highest BCUT2D eigenvalue weighted by Crippen LogP contribution is 2.51. The van der Waals surface area contributed by atoms with E-state index in [0.29, 0.717) is 0 Å². The van der Waals surface area contributed by atoms with Crippen LogP contribution in [-0.4, -0.2) is 36.4 Å². The zero-order chi connectivity index (χ0) is 12.9. The summed E-state index contributed by atoms with van der Waals surface area (Å²) in [6, 6.07) is 0. The van der Waals surface area contributed by atoms with Crippen molar-refractivity contribution in [3.05, 3.63) is 12.2 Å². The van der Waals surface area contributed by atoms with Crippen LogP contribution in [0.5, 0.6) is 0 Å². The second-order valence-electron chi connectivity index (χ2n) is 4.81. The zero-order valence-electron chi connectivity index (χ0n) is 10.1. The van der Waals surface area contributed by atoms with E-state index in [0.717, 1.165) is 0 Å². The van der Waals surface area contributed by atoms with Gasteiger partial charge in [0.25, 0.3) is 0 Å². The van der Waals surface area contributed by atoms with Crippen LogP contribution in [0.15, 0.2) is 12.2 Å². The molecule has 0 spiro atoms. The maximum Gasteiger partial charge on any atom is 0.303 e. The van der Waals surface area contributed by atoms with Crippen molar-refractivity contribution in [3.8, 4) is 0 Å². The van der Waals surface area contributed by atoms with Gasteiger partial charge in [0.15, 0.2) is 0 Å². The van der Waals surface area contributed by atoms with Crippen LogP contribution in [-0.2, 0) is 28.8 Å². The topological polar surface area (TPSA) is 71.1 Å². The van der Waals surface area contributed by atoms with Crippen molar-refractivity contribution >= 4 is 11.9 Å². The van der Waals surface area contributed by atoms with Gasteiger partial charge in [-0.1, -0.05) is 12.2 Å². The fourth-order valence-electron chi connectivity index (χ4n) is 3.01. The Morgan fingerprint density at radius 3 is 1.56 bits per heavy atom. The summed E-state index contributed by atoms with van der Waals surface area (Å²) in [5.74, 6) is -0.770. The van der Waals surface area contributed by atoms with Crippen molar-refractivity contribution in [3.63, 3.8) is 0 Å². The van der Waals surface area contributed by atoms with Gasteiger partial charge < -0.3 is 9.47 Å². The van der Waals surface area contributed by atoms with Gasteiger partial charge >= 0.3 is 11.9 Å². The van der Waals surface area contributed by atoms with Gasteiger partial charge in [-0.25, -0.2) is 9.78 Å². The molecule has 6 heteroatoms. The molecule has 2 aliphatic carbocycles. The molecule has 98 valence electrons. The molecule has 2 aliphatic heterocycles. The Balaban J connectivity index is 1.81. The van der Waals surface area contributed by atoms with Crippen LogP contribution in [0.2, 0.25) is 0 Å². The molecule has 18 heavy (non-hydrogen) atoms. The Morgan fingerprint density at radius 2 is 1.28 bits per heavy atom. The molecule has 0 amide bonds. The van der Waals surface area contributed by atoms with E-state index in [2.05, 4.69) is 0 Å². The normalized spacial score (nSPS) is 43.9. The van der Waals surface area contributed by atoms with E-state index < -0.39 is 12.2 Å². The number of esters is 2. The standard InChI is InChI=1S/C12H14O6/c1-5(13)15-11-9-7-3-4-8(18-17-7)10(9)12(11)16-6(2)14/h3-4,7-12H,1-2H3/t7-,8+,9-,10+,11-,12-/m1/s1. The third-order valence-corrected chi connectivity index (χ3v) is 3.66. The van der Waals surface area contributed by atoms with Gasteiger partial charge in [-0.2, -0.15) is 0 Å². The first kappa shape index (κ1) is 11.7. The minimum absolute atomic E-state index is 0.00185. The Hall–Kier alpha value is -1.40. The van der Waals surface area contributed by atoms with Crippen LogP contribution in [0, 0.1) is 11.8 Å². The first-order valence-electron chi connectivity index (χ1n) is 5.93. The van der Waals surface area contributed by atoms with Crippen molar-refractivity contribution in [2.45, 2.75) is 38.3 Å². The molecule has 2 heterocycles. The van der Waals surface area contributed by atoms with E-state index in [1.807, 2.05) is 12.2 Å². The lowest BCUT2D eigenvalue weighted by molar-refractivity contribution is -0.425. The summed E-state index contributed by atoms with van der Waals surface area (Å²) in [5.41, 5.74) is 0. The quantitative estimate of drug-likeness (QED) is 0.402. The first-order valence-corrected chi connectivity index (χ1v) is 5.93. The average Bonchev–Trinajstić information content (AvgIpc) is 2.33. The summed E-state index contributed by atoms with van der Waals surface area (Å²) < 4.78 is 10.5. The number of rotatable bonds is 2.